The van der Waals surface area contributed by atoms with Crippen LogP contribution in [0, 0.1) is 0 Å². The number of aromatic nitrogens is 3. The lowest BCUT2D eigenvalue weighted by atomic mass is 10.2. The molecule has 0 atom stereocenters. The molecule has 1 aromatic carbocycles. The predicted molar refractivity (Wildman–Crippen MR) is 67.3 cm³/mol. The molecule has 18 heavy (non-hydrogen) atoms. The van der Waals surface area contributed by atoms with Crippen LogP contribution in [0.1, 0.15) is 10.4 Å². The van der Waals surface area contributed by atoms with E-state index < -0.39 is 5.97 Å². The van der Waals surface area contributed by atoms with E-state index in [1.807, 2.05) is 13.1 Å². The molecule has 1 heterocycles. The molecule has 94 valence electrons. The number of nitrogen functional groups attached to an aromatic ring is 1. The Kier molecular flexibility index (Phi) is 3.52. The summed E-state index contributed by atoms with van der Waals surface area (Å²) < 4.78 is 6.44. The van der Waals surface area contributed by atoms with Crippen molar-refractivity contribution < 1.29 is 9.53 Å². The molecule has 1 aromatic heterocycles. The molecule has 0 amide bonds. The summed E-state index contributed by atoms with van der Waals surface area (Å²) in [6.45, 7) is 0. The molecule has 2 rings (SSSR count). The number of ether oxygens (including phenoxy) is 1. The quantitative estimate of drug-likeness (QED) is 0.665. The molecule has 0 aliphatic carbocycles. The van der Waals surface area contributed by atoms with Crippen molar-refractivity contribution in [2.24, 2.45) is 7.05 Å². The number of para-hydroxylation sites is 1. The highest BCUT2D eigenvalue weighted by Gasteiger charge is 2.14. The number of carbonyl (C=O) groups excluding carboxylic acids is 1. The first-order valence-corrected chi connectivity index (χ1v) is 5.93. The Hall–Kier alpha value is -2.02. The number of nitrogens with two attached hydrogens (primary N) is 1. The topological polar surface area (TPSA) is 83.0 Å². The van der Waals surface area contributed by atoms with Crippen LogP contribution in [-0.4, -0.2) is 27.8 Å². The normalized spacial score (nSPS) is 10.3. The average molecular weight is 264 g/mol. The Morgan fingerprint density at radius 2 is 2.28 bits per heavy atom. The molecule has 0 aliphatic heterocycles. The fraction of sp³-hybridized carbons (Fsp3) is 0.182. The Morgan fingerprint density at radius 1 is 1.50 bits per heavy atom. The van der Waals surface area contributed by atoms with Crippen molar-refractivity contribution in [3.05, 3.63) is 30.1 Å². The fourth-order valence-electron chi connectivity index (χ4n) is 1.38. The summed E-state index contributed by atoms with van der Waals surface area (Å²) in [6, 6.07) is 5.20. The number of rotatable bonds is 3. The van der Waals surface area contributed by atoms with E-state index in [-0.39, 0.29) is 0 Å². The minimum atomic E-state index is -0.451. The van der Waals surface area contributed by atoms with Crippen LogP contribution in [0.3, 0.4) is 0 Å². The summed E-state index contributed by atoms with van der Waals surface area (Å²) in [5.41, 5.74) is 6.69. The number of hydrogen-bond acceptors (Lipinski definition) is 6. The molecule has 7 heteroatoms. The Morgan fingerprint density at radius 3 is 2.89 bits per heavy atom. The highest BCUT2D eigenvalue weighted by Crippen LogP contribution is 2.32. The molecule has 0 saturated carbocycles. The molecule has 2 N–H and O–H groups in total. The number of aryl methyl sites for hydroxylation is 1. The van der Waals surface area contributed by atoms with Gasteiger partial charge in [-0.05, 0) is 23.9 Å². The number of carbonyl (C=O) groups is 1. The van der Waals surface area contributed by atoms with Gasteiger partial charge < -0.3 is 15.0 Å². The van der Waals surface area contributed by atoms with E-state index in [1.165, 1.54) is 18.9 Å². The zero-order valence-electron chi connectivity index (χ0n) is 9.95. The van der Waals surface area contributed by atoms with Gasteiger partial charge in [-0.3, -0.25) is 0 Å². The third kappa shape index (κ3) is 2.30. The highest BCUT2D eigenvalue weighted by atomic mass is 32.2. The van der Waals surface area contributed by atoms with E-state index in [2.05, 4.69) is 14.9 Å². The Bertz CT molecular complexity index is 582. The van der Waals surface area contributed by atoms with Crippen molar-refractivity contribution in [3.8, 4) is 0 Å². The maximum absolute atomic E-state index is 11.5. The zero-order valence-corrected chi connectivity index (χ0v) is 10.8. The van der Waals surface area contributed by atoms with Crippen molar-refractivity contribution >= 4 is 23.4 Å². The second-order valence-corrected chi connectivity index (χ2v) is 4.54. The van der Waals surface area contributed by atoms with Crippen molar-refractivity contribution in [3.63, 3.8) is 0 Å². The van der Waals surface area contributed by atoms with E-state index in [9.17, 15) is 4.79 Å². The van der Waals surface area contributed by atoms with E-state index in [0.29, 0.717) is 16.4 Å². The summed E-state index contributed by atoms with van der Waals surface area (Å²) in [5.74, 6) is -0.451. The van der Waals surface area contributed by atoms with Gasteiger partial charge in [0.05, 0.1) is 18.4 Å². The van der Waals surface area contributed by atoms with Crippen LogP contribution < -0.4 is 5.73 Å². The molecule has 0 radical (unpaired) electrons. The van der Waals surface area contributed by atoms with Crippen LogP contribution in [-0.2, 0) is 11.8 Å². The maximum Gasteiger partial charge on any atom is 0.339 e. The first-order chi connectivity index (χ1) is 8.63. The van der Waals surface area contributed by atoms with Crippen LogP contribution in [0.4, 0.5) is 5.69 Å². The fourth-order valence-corrected chi connectivity index (χ4v) is 2.23. The van der Waals surface area contributed by atoms with Gasteiger partial charge in [0.1, 0.15) is 6.33 Å². The number of nitrogens with zero attached hydrogens (tertiary/aromatic N) is 3. The monoisotopic (exact) mass is 264 g/mol. The molecule has 6 nitrogen and oxygen atoms in total. The van der Waals surface area contributed by atoms with Crippen molar-refractivity contribution in [2.75, 3.05) is 12.8 Å². The molecular formula is C11H12N4O2S. The van der Waals surface area contributed by atoms with Crippen LogP contribution in [0.2, 0.25) is 0 Å². The molecule has 0 aliphatic rings. The van der Waals surface area contributed by atoms with Crippen molar-refractivity contribution in [2.45, 2.75) is 10.1 Å². The molecule has 2 aromatic rings. The number of hydrogen-bond donors (Lipinski definition) is 1. The molecule has 0 spiro atoms. The number of benzene rings is 1. The SMILES string of the molecule is COC(=O)c1cccc(Sc2nncn2C)c1N. The summed E-state index contributed by atoms with van der Waals surface area (Å²) in [4.78, 5) is 12.3. The van der Waals surface area contributed by atoms with Crippen molar-refractivity contribution in [1.82, 2.24) is 14.8 Å². The first kappa shape index (κ1) is 12.4. The summed E-state index contributed by atoms with van der Waals surface area (Å²) in [7, 11) is 3.16. The van der Waals surface area contributed by atoms with Crippen LogP contribution in [0.5, 0.6) is 0 Å². The largest absolute Gasteiger partial charge is 0.465 e. The van der Waals surface area contributed by atoms with Gasteiger partial charge in [0.15, 0.2) is 5.16 Å². The first-order valence-electron chi connectivity index (χ1n) is 5.12. The Balaban J connectivity index is 2.35. The van der Waals surface area contributed by atoms with E-state index in [0.717, 1.165) is 4.90 Å². The minimum Gasteiger partial charge on any atom is -0.465 e. The smallest absolute Gasteiger partial charge is 0.339 e. The average Bonchev–Trinajstić information content (AvgIpc) is 2.77. The second kappa shape index (κ2) is 5.09. The Labute approximate surface area is 108 Å². The summed E-state index contributed by atoms with van der Waals surface area (Å²) in [6.07, 6.45) is 1.60. The lowest BCUT2D eigenvalue weighted by Crippen LogP contribution is -2.06. The molecule has 0 unspecified atom stereocenters. The lowest BCUT2D eigenvalue weighted by Gasteiger charge is -2.08. The van der Waals surface area contributed by atoms with Crippen molar-refractivity contribution in [1.29, 1.82) is 0 Å². The third-order valence-corrected chi connectivity index (χ3v) is 3.47. The standard InChI is InChI=1S/C11H12N4O2S/c1-15-6-13-14-11(15)18-8-5-3-4-7(9(8)12)10(16)17-2/h3-6H,12H2,1-2H3. The summed E-state index contributed by atoms with van der Waals surface area (Å²) in [5, 5.41) is 8.43. The van der Waals surface area contributed by atoms with Gasteiger partial charge in [-0.1, -0.05) is 6.07 Å². The highest BCUT2D eigenvalue weighted by molar-refractivity contribution is 7.99. The number of anilines is 1. The van der Waals surface area contributed by atoms with Gasteiger partial charge in [0.2, 0.25) is 0 Å². The second-order valence-electron chi connectivity index (χ2n) is 3.54. The van der Waals surface area contributed by atoms with Gasteiger partial charge in [-0.25, -0.2) is 4.79 Å². The minimum absolute atomic E-state index is 0.352. The van der Waals surface area contributed by atoms with Gasteiger partial charge in [-0.2, -0.15) is 0 Å². The molecule has 0 fully saturated rings. The maximum atomic E-state index is 11.5. The zero-order chi connectivity index (χ0) is 13.1. The van der Waals surface area contributed by atoms with Crippen LogP contribution in [0.25, 0.3) is 0 Å². The third-order valence-electron chi connectivity index (χ3n) is 2.34. The predicted octanol–water partition coefficient (Wildman–Crippen LogP) is 1.34. The molecule has 0 saturated heterocycles. The molecule has 0 bridgehead atoms. The number of methoxy groups -OCH3 is 1. The van der Waals surface area contributed by atoms with Gasteiger partial charge >= 0.3 is 5.97 Å². The van der Waals surface area contributed by atoms with E-state index in [4.69, 9.17) is 5.73 Å². The van der Waals surface area contributed by atoms with Crippen LogP contribution >= 0.6 is 11.8 Å². The van der Waals surface area contributed by atoms with Crippen LogP contribution in [0.15, 0.2) is 34.6 Å². The number of esters is 1. The summed E-state index contributed by atoms with van der Waals surface area (Å²) >= 11 is 1.35. The van der Waals surface area contributed by atoms with Gasteiger partial charge in [0.25, 0.3) is 0 Å². The van der Waals surface area contributed by atoms with E-state index in [1.54, 1.807) is 23.0 Å². The molecular weight excluding hydrogens is 252 g/mol. The van der Waals surface area contributed by atoms with Gasteiger partial charge in [0, 0.05) is 11.9 Å². The van der Waals surface area contributed by atoms with Gasteiger partial charge in [-0.15, -0.1) is 10.2 Å². The lowest BCUT2D eigenvalue weighted by molar-refractivity contribution is 0.0601. The van der Waals surface area contributed by atoms with E-state index >= 15 is 0 Å².